The van der Waals surface area contributed by atoms with Gasteiger partial charge in [-0.3, -0.25) is 0 Å². The summed E-state index contributed by atoms with van der Waals surface area (Å²) in [4.78, 5) is 16.3. The molecule has 0 bridgehead atoms. The Hall–Kier alpha value is -1.33. The van der Waals surface area contributed by atoms with E-state index < -0.39 is 6.04 Å². The summed E-state index contributed by atoms with van der Waals surface area (Å²) in [5.41, 5.74) is 0. The number of nitrogens with zero attached hydrogens (tertiary/aromatic N) is 3. The van der Waals surface area contributed by atoms with Crippen LogP contribution in [-0.2, 0) is 9.53 Å². The van der Waals surface area contributed by atoms with Gasteiger partial charge in [0.05, 0.1) is 11.6 Å². The number of anilines is 1. The Morgan fingerprint density at radius 2 is 2.29 bits per heavy atom. The molecule has 7 heteroatoms. The van der Waals surface area contributed by atoms with Gasteiger partial charge in [-0.25, -0.2) is 14.8 Å². The van der Waals surface area contributed by atoms with Crippen molar-refractivity contribution in [2.75, 3.05) is 11.6 Å². The molecule has 0 saturated carbocycles. The molecule has 0 spiro atoms. The molecule has 0 N–H and O–H groups in total. The molecular formula is C14H17Cl2N3O2. The Labute approximate surface area is 133 Å². The molecule has 5 nitrogen and oxygen atoms in total. The third-order valence-corrected chi connectivity index (χ3v) is 3.62. The number of halogens is 2. The lowest BCUT2D eigenvalue weighted by atomic mass is 10.2. The van der Waals surface area contributed by atoms with E-state index in [1.54, 1.807) is 18.3 Å². The standard InChI is InChI=1S/C14H17Cl2N3O2/c1-2-3-4-8-21-14(20)11-9-12(16)18-19(11)13-10(15)6-5-7-17-13/h5-7,11H,2-4,8-9H2,1H3. The van der Waals surface area contributed by atoms with Crippen LogP contribution < -0.4 is 5.01 Å². The molecule has 1 aliphatic heterocycles. The Kier molecular flexibility index (Phi) is 5.82. The molecule has 0 radical (unpaired) electrons. The number of rotatable bonds is 6. The van der Waals surface area contributed by atoms with Crippen LogP contribution in [0.15, 0.2) is 23.4 Å². The highest BCUT2D eigenvalue weighted by atomic mass is 35.5. The number of carbonyl (C=O) groups excluding carboxylic acids is 1. The number of hydrogen-bond donors (Lipinski definition) is 0. The predicted octanol–water partition coefficient (Wildman–Crippen LogP) is 3.60. The number of unbranched alkanes of at least 4 members (excludes halogenated alkanes) is 2. The molecule has 1 atom stereocenters. The first kappa shape index (κ1) is 16.0. The molecule has 21 heavy (non-hydrogen) atoms. The van der Waals surface area contributed by atoms with Gasteiger partial charge in [0.25, 0.3) is 0 Å². The van der Waals surface area contributed by atoms with E-state index in [4.69, 9.17) is 27.9 Å². The van der Waals surface area contributed by atoms with E-state index in [1.165, 1.54) is 5.01 Å². The van der Waals surface area contributed by atoms with Crippen molar-refractivity contribution in [2.45, 2.75) is 38.6 Å². The maximum atomic E-state index is 12.2. The highest BCUT2D eigenvalue weighted by Crippen LogP contribution is 2.30. The molecule has 114 valence electrons. The maximum Gasteiger partial charge on any atom is 0.331 e. The Morgan fingerprint density at radius 1 is 1.48 bits per heavy atom. The average Bonchev–Trinajstić information content (AvgIpc) is 2.86. The number of ether oxygens (including phenoxy) is 1. The van der Waals surface area contributed by atoms with Crippen LogP contribution >= 0.6 is 23.2 Å². The Morgan fingerprint density at radius 3 is 3.00 bits per heavy atom. The van der Waals surface area contributed by atoms with E-state index in [0.29, 0.717) is 29.0 Å². The molecule has 2 heterocycles. The smallest absolute Gasteiger partial charge is 0.331 e. The highest BCUT2D eigenvalue weighted by Gasteiger charge is 2.35. The monoisotopic (exact) mass is 329 g/mol. The topological polar surface area (TPSA) is 54.8 Å². The van der Waals surface area contributed by atoms with Gasteiger partial charge in [0.15, 0.2) is 11.9 Å². The van der Waals surface area contributed by atoms with Crippen LogP contribution in [0.5, 0.6) is 0 Å². The van der Waals surface area contributed by atoms with Crippen LogP contribution in [0.3, 0.4) is 0 Å². The van der Waals surface area contributed by atoms with Gasteiger partial charge in [-0.05, 0) is 18.6 Å². The molecule has 0 saturated heterocycles. The summed E-state index contributed by atoms with van der Waals surface area (Å²) in [5, 5.41) is 6.32. The van der Waals surface area contributed by atoms with Gasteiger partial charge < -0.3 is 4.74 Å². The number of carbonyl (C=O) groups is 1. The van der Waals surface area contributed by atoms with Crippen molar-refractivity contribution in [3.63, 3.8) is 0 Å². The first-order valence-corrected chi connectivity index (χ1v) is 7.68. The van der Waals surface area contributed by atoms with Gasteiger partial charge in [-0.1, -0.05) is 43.0 Å². The van der Waals surface area contributed by atoms with Crippen LogP contribution in [0.25, 0.3) is 0 Å². The van der Waals surface area contributed by atoms with Gasteiger partial charge in [-0.2, -0.15) is 5.10 Å². The van der Waals surface area contributed by atoms with E-state index >= 15 is 0 Å². The minimum absolute atomic E-state index is 0.307. The number of pyridine rings is 1. The highest BCUT2D eigenvalue weighted by molar-refractivity contribution is 6.66. The summed E-state index contributed by atoms with van der Waals surface area (Å²) in [5.74, 6) is 0.0533. The van der Waals surface area contributed by atoms with E-state index in [1.807, 2.05) is 0 Å². The van der Waals surface area contributed by atoms with Gasteiger partial charge in [0.2, 0.25) is 0 Å². The molecule has 1 unspecified atom stereocenters. The van der Waals surface area contributed by atoms with Crippen molar-refractivity contribution in [1.29, 1.82) is 0 Å². The number of hydrazone groups is 1. The van der Waals surface area contributed by atoms with Gasteiger partial charge in [-0.15, -0.1) is 0 Å². The third-order valence-electron chi connectivity index (χ3n) is 3.09. The van der Waals surface area contributed by atoms with Crippen molar-refractivity contribution in [3.05, 3.63) is 23.4 Å². The van der Waals surface area contributed by atoms with Crippen molar-refractivity contribution in [1.82, 2.24) is 4.98 Å². The molecular weight excluding hydrogens is 313 g/mol. The second-order valence-corrected chi connectivity index (χ2v) is 5.57. The van der Waals surface area contributed by atoms with E-state index in [0.717, 1.165) is 19.3 Å². The summed E-state index contributed by atoms with van der Waals surface area (Å²) in [7, 11) is 0. The quantitative estimate of drug-likeness (QED) is 0.591. The fraction of sp³-hybridized carbons (Fsp3) is 0.500. The molecule has 0 fully saturated rings. The zero-order chi connectivity index (χ0) is 15.2. The predicted molar refractivity (Wildman–Crippen MR) is 83.9 cm³/mol. The number of aromatic nitrogens is 1. The van der Waals surface area contributed by atoms with Crippen LogP contribution in [0.4, 0.5) is 5.82 Å². The average molecular weight is 330 g/mol. The van der Waals surface area contributed by atoms with Crippen molar-refractivity contribution in [3.8, 4) is 0 Å². The molecule has 1 aromatic heterocycles. The molecule has 1 aromatic rings. The van der Waals surface area contributed by atoms with Crippen molar-refractivity contribution in [2.24, 2.45) is 5.10 Å². The lowest BCUT2D eigenvalue weighted by Gasteiger charge is -2.21. The fourth-order valence-corrected chi connectivity index (χ4v) is 2.45. The van der Waals surface area contributed by atoms with Crippen LogP contribution in [0, 0.1) is 0 Å². The molecule has 0 aliphatic carbocycles. The van der Waals surface area contributed by atoms with E-state index in [9.17, 15) is 4.79 Å². The SMILES string of the molecule is CCCCCOC(=O)C1CC(Cl)=NN1c1ncccc1Cl. The van der Waals surface area contributed by atoms with Crippen LogP contribution in [-0.4, -0.2) is 28.8 Å². The second kappa shape index (κ2) is 7.61. The summed E-state index contributed by atoms with van der Waals surface area (Å²) < 4.78 is 5.28. The normalized spacial score (nSPS) is 17.8. The summed E-state index contributed by atoms with van der Waals surface area (Å²) in [6.07, 6.45) is 4.86. The lowest BCUT2D eigenvalue weighted by Crippen LogP contribution is -2.36. The van der Waals surface area contributed by atoms with Crippen LogP contribution in [0.2, 0.25) is 5.02 Å². The van der Waals surface area contributed by atoms with E-state index in [2.05, 4.69) is 17.0 Å². The minimum atomic E-state index is -0.605. The summed E-state index contributed by atoms with van der Waals surface area (Å²) in [6, 6.07) is 2.80. The number of esters is 1. The van der Waals surface area contributed by atoms with Gasteiger partial charge >= 0.3 is 5.97 Å². The Bertz CT molecular complexity index is 537. The zero-order valence-electron chi connectivity index (χ0n) is 11.8. The number of hydrogen-bond acceptors (Lipinski definition) is 5. The first-order valence-electron chi connectivity index (χ1n) is 6.93. The molecule has 0 aromatic carbocycles. The van der Waals surface area contributed by atoms with E-state index in [-0.39, 0.29) is 5.97 Å². The first-order chi connectivity index (χ1) is 10.1. The van der Waals surface area contributed by atoms with Crippen molar-refractivity contribution < 1.29 is 9.53 Å². The summed E-state index contributed by atoms with van der Waals surface area (Å²) >= 11 is 12.1. The van der Waals surface area contributed by atoms with Crippen LogP contribution in [0.1, 0.15) is 32.6 Å². The van der Waals surface area contributed by atoms with Crippen molar-refractivity contribution >= 4 is 40.2 Å². The van der Waals surface area contributed by atoms with Gasteiger partial charge in [0, 0.05) is 12.6 Å². The lowest BCUT2D eigenvalue weighted by molar-refractivity contribution is -0.145. The van der Waals surface area contributed by atoms with Gasteiger partial charge in [0.1, 0.15) is 5.17 Å². The minimum Gasteiger partial charge on any atom is -0.464 e. The Balaban J connectivity index is 2.05. The molecule has 2 rings (SSSR count). The zero-order valence-corrected chi connectivity index (χ0v) is 13.3. The summed E-state index contributed by atoms with van der Waals surface area (Å²) in [6.45, 7) is 2.50. The second-order valence-electron chi connectivity index (χ2n) is 4.72. The third kappa shape index (κ3) is 4.08. The maximum absolute atomic E-state index is 12.2. The molecule has 0 amide bonds. The fourth-order valence-electron chi connectivity index (χ4n) is 2.02. The molecule has 1 aliphatic rings. The largest absolute Gasteiger partial charge is 0.464 e.